The SMILES string of the molecule is CC1CCCC1Oc1ccc(S(=O)(=O)N(C)P)cc1. The maximum Gasteiger partial charge on any atom is 0.245 e. The van der Waals surface area contributed by atoms with Crippen LogP contribution in [0.2, 0.25) is 0 Å². The molecule has 4 nitrogen and oxygen atoms in total. The molecule has 0 saturated heterocycles. The minimum atomic E-state index is -3.39. The second kappa shape index (κ2) is 5.78. The molecule has 3 unspecified atom stereocenters. The van der Waals surface area contributed by atoms with Crippen molar-refractivity contribution in [3.8, 4) is 5.75 Å². The van der Waals surface area contributed by atoms with E-state index in [1.54, 1.807) is 24.3 Å². The lowest BCUT2D eigenvalue weighted by Crippen LogP contribution is -2.19. The molecule has 0 N–H and O–H groups in total. The highest BCUT2D eigenvalue weighted by Gasteiger charge is 2.25. The lowest BCUT2D eigenvalue weighted by atomic mass is 10.1. The third kappa shape index (κ3) is 3.28. The van der Waals surface area contributed by atoms with Crippen molar-refractivity contribution in [2.75, 3.05) is 7.05 Å². The van der Waals surface area contributed by atoms with Gasteiger partial charge in [-0.1, -0.05) is 6.92 Å². The van der Waals surface area contributed by atoms with Crippen molar-refractivity contribution in [1.82, 2.24) is 4.08 Å². The van der Waals surface area contributed by atoms with Crippen LogP contribution in [0.5, 0.6) is 5.75 Å². The van der Waals surface area contributed by atoms with Crippen LogP contribution in [0.1, 0.15) is 26.2 Å². The summed E-state index contributed by atoms with van der Waals surface area (Å²) in [4.78, 5) is 0.275. The van der Waals surface area contributed by atoms with E-state index < -0.39 is 10.0 Å². The molecule has 3 atom stereocenters. The van der Waals surface area contributed by atoms with Gasteiger partial charge in [0.1, 0.15) is 11.9 Å². The molecule has 106 valence electrons. The van der Waals surface area contributed by atoms with E-state index in [9.17, 15) is 8.42 Å². The van der Waals surface area contributed by atoms with E-state index in [4.69, 9.17) is 4.74 Å². The highest BCUT2D eigenvalue weighted by molar-refractivity contribution is 7.91. The van der Waals surface area contributed by atoms with Crippen LogP contribution < -0.4 is 4.74 Å². The number of hydrogen-bond acceptors (Lipinski definition) is 3. The normalized spacial score (nSPS) is 23.8. The molecule has 1 fully saturated rings. The Morgan fingerprint density at radius 1 is 1.26 bits per heavy atom. The van der Waals surface area contributed by atoms with Crippen molar-refractivity contribution < 1.29 is 13.2 Å². The fourth-order valence-corrected chi connectivity index (χ4v) is 3.50. The van der Waals surface area contributed by atoms with Gasteiger partial charge in [-0.15, -0.1) is 0 Å². The molecule has 1 aliphatic carbocycles. The summed E-state index contributed by atoms with van der Waals surface area (Å²) < 4.78 is 30.8. The molecule has 0 radical (unpaired) electrons. The van der Waals surface area contributed by atoms with E-state index in [1.165, 1.54) is 19.9 Å². The minimum Gasteiger partial charge on any atom is -0.490 e. The van der Waals surface area contributed by atoms with E-state index >= 15 is 0 Å². The van der Waals surface area contributed by atoms with Crippen LogP contribution in [0, 0.1) is 5.92 Å². The molecular weight excluding hydrogens is 281 g/mol. The summed E-state index contributed by atoms with van der Waals surface area (Å²) in [6.45, 7) is 2.19. The summed E-state index contributed by atoms with van der Waals surface area (Å²) in [5.74, 6) is 1.31. The van der Waals surface area contributed by atoms with Crippen LogP contribution >= 0.6 is 9.39 Å². The first kappa shape index (κ1) is 14.8. The summed E-state index contributed by atoms with van der Waals surface area (Å²) in [6.07, 6.45) is 3.74. The molecule has 1 aliphatic rings. The first-order chi connectivity index (χ1) is 8.91. The zero-order valence-corrected chi connectivity index (χ0v) is 13.2. The average Bonchev–Trinajstić information content (AvgIpc) is 2.75. The van der Waals surface area contributed by atoms with E-state index in [1.807, 2.05) is 0 Å². The standard InChI is InChI=1S/C13H20NO3PS/c1-10-4-3-5-13(10)17-11-6-8-12(9-7-11)19(15,16)14(2)18/h6-10,13H,3-5,18H2,1-2H3. The van der Waals surface area contributed by atoms with Crippen LogP contribution in [0.25, 0.3) is 0 Å². The molecule has 0 aliphatic heterocycles. The van der Waals surface area contributed by atoms with Crippen molar-refractivity contribution in [1.29, 1.82) is 0 Å². The Hall–Kier alpha value is -0.640. The van der Waals surface area contributed by atoms with Gasteiger partial charge in [0, 0.05) is 7.05 Å². The van der Waals surface area contributed by atoms with Gasteiger partial charge in [0.15, 0.2) is 0 Å². The van der Waals surface area contributed by atoms with Crippen LogP contribution in [0.3, 0.4) is 0 Å². The van der Waals surface area contributed by atoms with Gasteiger partial charge < -0.3 is 4.74 Å². The molecule has 1 aromatic carbocycles. The van der Waals surface area contributed by atoms with Crippen LogP contribution in [-0.2, 0) is 10.0 Å². The molecule has 0 aromatic heterocycles. The van der Waals surface area contributed by atoms with Crippen molar-refractivity contribution in [2.45, 2.75) is 37.2 Å². The molecule has 19 heavy (non-hydrogen) atoms. The molecule has 1 saturated carbocycles. The van der Waals surface area contributed by atoms with Crippen molar-refractivity contribution >= 4 is 19.4 Å². The van der Waals surface area contributed by atoms with Crippen molar-refractivity contribution in [2.24, 2.45) is 5.92 Å². The molecule has 0 amide bonds. The predicted molar refractivity (Wildman–Crippen MR) is 78.5 cm³/mol. The molecule has 1 aromatic rings. The minimum absolute atomic E-state index is 0.256. The lowest BCUT2D eigenvalue weighted by molar-refractivity contribution is 0.167. The maximum absolute atomic E-state index is 11.9. The largest absolute Gasteiger partial charge is 0.490 e. The van der Waals surface area contributed by atoms with Crippen LogP contribution in [0.4, 0.5) is 0 Å². The Labute approximate surface area is 117 Å². The molecule has 0 heterocycles. The summed E-state index contributed by atoms with van der Waals surface area (Å²) in [5.41, 5.74) is 0. The summed E-state index contributed by atoms with van der Waals surface area (Å²) in [7, 11) is 0.257. The Bertz CT molecular complexity index is 527. The zero-order chi connectivity index (χ0) is 14.0. The number of ether oxygens (including phenoxy) is 1. The second-order valence-electron chi connectivity index (χ2n) is 5.06. The van der Waals surface area contributed by atoms with E-state index in [2.05, 4.69) is 16.3 Å². The van der Waals surface area contributed by atoms with Gasteiger partial charge in [-0.2, -0.15) is 4.08 Å². The molecule has 0 spiro atoms. The third-order valence-corrected chi connectivity index (χ3v) is 6.03. The average molecular weight is 301 g/mol. The fourth-order valence-electron chi connectivity index (χ4n) is 2.32. The summed E-state index contributed by atoms with van der Waals surface area (Å²) >= 11 is 0. The van der Waals surface area contributed by atoms with Gasteiger partial charge in [-0.25, -0.2) is 8.42 Å². The van der Waals surface area contributed by atoms with Crippen LogP contribution in [-0.4, -0.2) is 25.6 Å². The Morgan fingerprint density at radius 2 is 1.89 bits per heavy atom. The first-order valence-electron chi connectivity index (χ1n) is 6.41. The summed E-state index contributed by atoms with van der Waals surface area (Å²) in [6, 6.07) is 6.63. The molecule has 2 rings (SSSR count). The topological polar surface area (TPSA) is 46.6 Å². The molecular formula is C13H20NO3PS. The number of benzene rings is 1. The Kier molecular flexibility index (Phi) is 4.49. The molecule has 0 bridgehead atoms. The van der Waals surface area contributed by atoms with Crippen LogP contribution in [0.15, 0.2) is 29.2 Å². The number of hydrogen-bond donors (Lipinski definition) is 0. The number of nitrogens with zero attached hydrogens (tertiary/aromatic N) is 1. The Morgan fingerprint density at radius 3 is 2.37 bits per heavy atom. The lowest BCUT2D eigenvalue weighted by Gasteiger charge is -2.18. The number of rotatable bonds is 4. The quantitative estimate of drug-likeness (QED) is 0.803. The predicted octanol–water partition coefficient (Wildman–Crippen LogP) is 2.66. The number of sulfonamides is 1. The van der Waals surface area contributed by atoms with E-state index in [0.29, 0.717) is 5.92 Å². The fraction of sp³-hybridized carbons (Fsp3) is 0.538. The van der Waals surface area contributed by atoms with Gasteiger partial charge in [0.25, 0.3) is 0 Å². The second-order valence-corrected chi connectivity index (χ2v) is 8.20. The zero-order valence-electron chi connectivity index (χ0n) is 11.2. The Balaban J connectivity index is 2.11. The van der Waals surface area contributed by atoms with Gasteiger partial charge in [-0.05, 0) is 58.8 Å². The highest BCUT2D eigenvalue weighted by Crippen LogP contribution is 2.30. The first-order valence-corrected chi connectivity index (χ1v) is 8.37. The van der Waals surface area contributed by atoms with Gasteiger partial charge in [0.05, 0.1) is 4.90 Å². The van der Waals surface area contributed by atoms with E-state index in [-0.39, 0.29) is 11.0 Å². The monoisotopic (exact) mass is 301 g/mol. The maximum atomic E-state index is 11.9. The van der Waals surface area contributed by atoms with Gasteiger partial charge in [-0.3, -0.25) is 0 Å². The highest BCUT2D eigenvalue weighted by atomic mass is 32.2. The van der Waals surface area contributed by atoms with E-state index in [0.717, 1.165) is 16.2 Å². The third-order valence-electron chi connectivity index (χ3n) is 3.57. The molecule has 6 heteroatoms. The van der Waals surface area contributed by atoms with Gasteiger partial charge in [0.2, 0.25) is 10.0 Å². The van der Waals surface area contributed by atoms with Crippen molar-refractivity contribution in [3.63, 3.8) is 0 Å². The van der Waals surface area contributed by atoms with Gasteiger partial charge >= 0.3 is 0 Å². The van der Waals surface area contributed by atoms with Crippen molar-refractivity contribution in [3.05, 3.63) is 24.3 Å². The summed E-state index contributed by atoms with van der Waals surface area (Å²) in [5, 5.41) is 0. The smallest absolute Gasteiger partial charge is 0.245 e.